The number of nitrogen functional groups attached to an aromatic ring is 1. The fourth-order valence-electron chi connectivity index (χ4n) is 1.50. The summed E-state index contributed by atoms with van der Waals surface area (Å²) in [7, 11) is 1.61. The van der Waals surface area contributed by atoms with Crippen molar-refractivity contribution in [2.24, 2.45) is 0 Å². The van der Waals surface area contributed by atoms with E-state index in [1.54, 1.807) is 12.5 Å². The van der Waals surface area contributed by atoms with Crippen molar-refractivity contribution in [1.82, 2.24) is 4.98 Å². The van der Waals surface area contributed by atoms with Gasteiger partial charge < -0.3 is 15.8 Å². The van der Waals surface area contributed by atoms with Gasteiger partial charge in [0.05, 0.1) is 6.61 Å². The lowest BCUT2D eigenvalue weighted by molar-refractivity contribution is 0.102. The summed E-state index contributed by atoms with van der Waals surface area (Å²) in [5, 5.41) is 4.80. The van der Waals surface area contributed by atoms with Gasteiger partial charge in [0, 0.05) is 23.7 Å². The molecule has 1 amide bonds. The minimum absolute atomic E-state index is 0.272. The van der Waals surface area contributed by atoms with Gasteiger partial charge in [0.1, 0.15) is 5.69 Å². The Hall–Kier alpha value is -1.92. The first-order valence-electron chi connectivity index (χ1n) is 5.30. The zero-order valence-corrected chi connectivity index (χ0v) is 10.7. The van der Waals surface area contributed by atoms with Crippen LogP contribution in [0.4, 0.5) is 10.8 Å². The van der Waals surface area contributed by atoms with Crippen LogP contribution in [-0.2, 0) is 11.3 Å². The number of carbonyl (C=O) groups excluding carboxylic acids is 1. The Morgan fingerprint density at radius 1 is 1.50 bits per heavy atom. The van der Waals surface area contributed by atoms with Crippen LogP contribution in [0.25, 0.3) is 0 Å². The molecule has 0 aliphatic heterocycles. The molecule has 6 heteroatoms. The second kappa shape index (κ2) is 5.61. The monoisotopic (exact) mass is 263 g/mol. The second-order valence-corrected chi connectivity index (χ2v) is 4.50. The van der Waals surface area contributed by atoms with E-state index in [2.05, 4.69) is 10.3 Å². The van der Waals surface area contributed by atoms with E-state index in [9.17, 15) is 4.79 Å². The first-order valence-corrected chi connectivity index (χ1v) is 6.18. The van der Waals surface area contributed by atoms with E-state index in [4.69, 9.17) is 10.5 Å². The summed E-state index contributed by atoms with van der Waals surface area (Å²) >= 11 is 1.24. The summed E-state index contributed by atoms with van der Waals surface area (Å²) in [6.45, 7) is 0.440. The van der Waals surface area contributed by atoms with Crippen molar-refractivity contribution in [3.8, 4) is 0 Å². The maximum Gasteiger partial charge on any atom is 0.275 e. The highest BCUT2D eigenvalue weighted by atomic mass is 32.1. The number of thiazole rings is 1. The van der Waals surface area contributed by atoms with Gasteiger partial charge in [-0.2, -0.15) is 0 Å². The molecule has 0 spiro atoms. The Morgan fingerprint density at radius 2 is 2.28 bits per heavy atom. The topological polar surface area (TPSA) is 77.2 Å². The van der Waals surface area contributed by atoms with Crippen LogP contribution < -0.4 is 11.1 Å². The zero-order valence-electron chi connectivity index (χ0n) is 9.84. The van der Waals surface area contributed by atoms with Gasteiger partial charge >= 0.3 is 0 Å². The van der Waals surface area contributed by atoms with Crippen molar-refractivity contribution in [2.45, 2.75) is 6.61 Å². The van der Waals surface area contributed by atoms with E-state index in [1.807, 2.05) is 24.3 Å². The summed E-state index contributed by atoms with van der Waals surface area (Å²) < 4.78 is 5.08. The molecule has 1 aromatic heterocycles. The summed E-state index contributed by atoms with van der Waals surface area (Å²) in [6, 6.07) is 7.46. The molecule has 0 unspecified atom stereocenters. The lowest BCUT2D eigenvalue weighted by atomic mass is 10.2. The maximum atomic E-state index is 11.9. The molecule has 94 valence electrons. The smallest absolute Gasteiger partial charge is 0.275 e. The summed E-state index contributed by atoms with van der Waals surface area (Å²) in [4.78, 5) is 15.9. The van der Waals surface area contributed by atoms with Crippen LogP contribution >= 0.6 is 11.3 Å². The van der Waals surface area contributed by atoms with Crippen LogP contribution in [0.3, 0.4) is 0 Å². The Kier molecular flexibility index (Phi) is 3.91. The molecule has 0 radical (unpaired) electrons. The number of ether oxygens (including phenoxy) is 1. The molecule has 2 rings (SSSR count). The third-order valence-electron chi connectivity index (χ3n) is 2.32. The van der Waals surface area contributed by atoms with E-state index >= 15 is 0 Å². The molecule has 2 aromatic rings. The number of hydrogen-bond donors (Lipinski definition) is 2. The molecule has 3 N–H and O–H groups in total. The number of methoxy groups -OCH3 is 1. The van der Waals surface area contributed by atoms with Crippen molar-refractivity contribution in [2.75, 3.05) is 18.2 Å². The number of nitrogens with zero attached hydrogens (tertiary/aromatic N) is 1. The highest BCUT2D eigenvalue weighted by Gasteiger charge is 2.11. The van der Waals surface area contributed by atoms with Gasteiger partial charge in [-0.1, -0.05) is 18.2 Å². The third-order valence-corrected chi connectivity index (χ3v) is 2.99. The van der Waals surface area contributed by atoms with Gasteiger partial charge in [-0.05, 0) is 6.07 Å². The van der Waals surface area contributed by atoms with Gasteiger partial charge in [-0.3, -0.25) is 4.79 Å². The van der Waals surface area contributed by atoms with E-state index in [1.165, 1.54) is 11.3 Å². The number of nitrogens with one attached hydrogen (secondary N) is 1. The first-order chi connectivity index (χ1) is 8.70. The molecular weight excluding hydrogens is 250 g/mol. The molecule has 0 atom stereocenters. The molecule has 18 heavy (non-hydrogen) atoms. The Bertz CT molecular complexity index is 554. The van der Waals surface area contributed by atoms with Crippen LogP contribution in [0.5, 0.6) is 0 Å². The highest BCUT2D eigenvalue weighted by Crippen LogP contribution is 2.18. The van der Waals surface area contributed by atoms with Gasteiger partial charge in [0.25, 0.3) is 5.91 Å². The Morgan fingerprint density at radius 3 is 2.94 bits per heavy atom. The lowest BCUT2D eigenvalue weighted by Gasteiger charge is -2.09. The Balaban J connectivity index is 2.16. The predicted molar refractivity (Wildman–Crippen MR) is 71.6 cm³/mol. The summed E-state index contributed by atoms with van der Waals surface area (Å²) in [5.74, 6) is -0.272. The van der Waals surface area contributed by atoms with Gasteiger partial charge in [-0.15, -0.1) is 11.3 Å². The summed E-state index contributed by atoms with van der Waals surface area (Å²) in [6.07, 6.45) is 0. The molecule has 5 nitrogen and oxygen atoms in total. The highest BCUT2D eigenvalue weighted by molar-refractivity contribution is 7.13. The number of amides is 1. The lowest BCUT2D eigenvalue weighted by Crippen LogP contribution is -2.14. The number of aromatic nitrogens is 1. The standard InChI is InChI=1S/C12H13N3O2S/c1-17-6-8-4-2-3-5-9(8)14-11(16)10-7-18-12(13)15-10/h2-5,7H,6H2,1H3,(H2,13,15)(H,14,16). The van der Waals surface area contributed by atoms with E-state index in [0.29, 0.717) is 17.4 Å². The molecular formula is C12H13N3O2S. The Labute approximate surface area is 109 Å². The average Bonchev–Trinajstić information content (AvgIpc) is 2.79. The number of nitrogens with two attached hydrogens (primary N) is 1. The van der Waals surface area contributed by atoms with Crippen LogP contribution in [0.2, 0.25) is 0 Å². The van der Waals surface area contributed by atoms with Gasteiger partial charge in [-0.25, -0.2) is 4.98 Å². The van der Waals surface area contributed by atoms with E-state index in [-0.39, 0.29) is 5.91 Å². The van der Waals surface area contributed by atoms with Crippen LogP contribution in [0, 0.1) is 0 Å². The largest absolute Gasteiger partial charge is 0.380 e. The van der Waals surface area contributed by atoms with E-state index < -0.39 is 0 Å². The zero-order chi connectivity index (χ0) is 13.0. The van der Waals surface area contributed by atoms with Crippen LogP contribution in [0.1, 0.15) is 16.1 Å². The van der Waals surface area contributed by atoms with Gasteiger partial charge in [0.15, 0.2) is 5.13 Å². The molecule has 0 bridgehead atoms. The normalized spacial score (nSPS) is 10.3. The molecule has 0 saturated heterocycles. The molecule has 1 heterocycles. The number of hydrogen-bond acceptors (Lipinski definition) is 5. The van der Waals surface area contributed by atoms with Crippen molar-refractivity contribution in [1.29, 1.82) is 0 Å². The van der Waals surface area contributed by atoms with Crippen molar-refractivity contribution in [3.63, 3.8) is 0 Å². The predicted octanol–water partition coefficient (Wildman–Crippen LogP) is 2.12. The molecule has 0 fully saturated rings. The molecule has 0 aliphatic rings. The fourth-order valence-corrected chi connectivity index (χ4v) is 2.05. The molecule has 0 saturated carbocycles. The van der Waals surface area contributed by atoms with Crippen molar-refractivity contribution >= 4 is 28.1 Å². The SMILES string of the molecule is COCc1ccccc1NC(=O)c1csc(N)n1. The van der Waals surface area contributed by atoms with Crippen LogP contribution in [0.15, 0.2) is 29.6 Å². The average molecular weight is 263 g/mol. The quantitative estimate of drug-likeness (QED) is 0.885. The fraction of sp³-hybridized carbons (Fsp3) is 0.167. The minimum atomic E-state index is -0.272. The second-order valence-electron chi connectivity index (χ2n) is 3.62. The number of anilines is 2. The van der Waals surface area contributed by atoms with Crippen LogP contribution in [-0.4, -0.2) is 18.0 Å². The minimum Gasteiger partial charge on any atom is -0.380 e. The number of benzene rings is 1. The maximum absolute atomic E-state index is 11.9. The molecule has 0 aliphatic carbocycles. The number of para-hydroxylation sites is 1. The van der Waals surface area contributed by atoms with E-state index in [0.717, 1.165) is 11.3 Å². The third kappa shape index (κ3) is 2.85. The molecule has 1 aromatic carbocycles. The number of carbonyl (C=O) groups is 1. The number of rotatable bonds is 4. The van der Waals surface area contributed by atoms with Crippen molar-refractivity contribution < 1.29 is 9.53 Å². The van der Waals surface area contributed by atoms with Crippen molar-refractivity contribution in [3.05, 3.63) is 40.9 Å². The summed E-state index contributed by atoms with van der Waals surface area (Å²) in [5.41, 5.74) is 7.45. The van der Waals surface area contributed by atoms with Gasteiger partial charge in [0.2, 0.25) is 0 Å². The first kappa shape index (κ1) is 12.5.